The SMILES string of the molecule is COc1ccc(C=CCN2CCC(n3cc(C(=O)NCC(C)C)nn3)CC2)cc1. The van der Waals surface area contributed by atoms with Crippen molar-refractivity contribution in [3.63, 3.8) is 0 Å². The molecule has 0 aliphatic carbocycles. The summed E-state index contributed by atoms with van der Waals surface area (Å²) < 4.78 is 7.04. The maximum Gasteiger partial charge on any atom is 0.273 e. The molecule has 0 spiro atoms. The summed E-state index contributed by atoms with van der Waals surface area (Å²) in [6.07, 6.45) is 8.14. The van der Waals surface area contributed by atoms with Crippen molar-refractivity contribution >= 4 is 12.0 Å². The van der Waals surface area contributed by atoms with Gasteiger partial charge in [0.25, 0.3) is 5.91 Å². The van der Waals surface area contributed by atoms with Gasteiger partial charge in [0.1, 0.15) is 5.75 Å². The molecule has 1 saturated heterocycles. The van der Waals surface area contributed by atoms with Crippen LogP contribution in [0.25, 0.3) is 6.08 Å². The fourth-order valence-electron chi connectivity index (χ4n) is 3.37. The van der Waals surface area contributed by atoms with Crippen LogP contribution in [0.2, 0.25) is 0 Å². The Morgan fingerprint density at radius 3 is 2.66 bits per heavy atom. The third-order valence-corrected chi connectivity index (χ3v) is 5.13. The highest BCUT2D eigenvalue weighted by molar-refractivity contribution is 5.91. The van der Waals surface area contributed by atoms with Crippen LogP contribution in [-0.2, 0) is 0 Å². The van der Waals surface area contributed by atoms with E-state index in [2.05, 4.69) is 58.7 Å². The number of nitrogens with one attached hydrogen (secondary N) is 1. The van der Waals surface area contributed by atoms with Gasteiger partial charge in [0.15, 0.2) is 5.69 Å². The summed E-state index contributed by atoms with van der Waals surface area (Å²) in [6, 6.07) is 8.36. The lowest BCUT2D eigenvalue weighted by Crippen LogP contribution is -2.34. The first kappa shape index (κ1) is 21.0. The number of carbonyl (C=O) groups is 1. The maximum atomic E-state index is 12.1. The van der Waals surface area contributed by atoms with Crippen LogP contribution in [0.1, 0.15) is 48.8 Å². The number of nitrogens with zero attached hydrogens (tertiary/aromatic N) is 4. The molecule has 0 radical (unpaired) electrons. The molecule has 0 atom stereocenters. The molecular weight excluding hydrogens is 366 g/mol. The highest BCUT2D eigenvalue weighted by Crippen LogP contribution is 2.21. The van der Waals surface area contributed by atoms with E-state index in [1.165, 1.54) is 5.56 Å². The first-order valence-corrected chi connectivity index (χ1v) is 10.3. The van der Waals surface area contributed by atoms with Gasteiger partial charge in [-0.2, -0.15) is 0 Å². The lowest BCUT2D eigenvalue weighted by Gasteiger charge is -2.30. The first-order valence-electron chi connectivity index (χ1n) is 10.3. The molecule has 29 heavy (non-hydrogen) atoms. The highest BCUT2D eigenvalue weighted by Gasteiger charge is 2.22. The van der Waals surface area contributed by atoms with Crippen molar-refractivity contribution in [2.75, 3.05) is 33.3 Å². The Morgan fingerprint density at radius 2 is 2.00 bits per heavy atom. The number of ether oxygens (including phenoxy) is 1. The second-order valence-electron chi connectivity index (χ2n) is 7.89. The molecule has 0 unspecified atom stereocenters. The zero-order chi connectivity index (χ0) is 20.6. The van der Waals surface area contributed by atoms with Crippen LogP contribution in [-0.4, -0.2) is 59.1 Å². The van der Waals surface area contributed by atoms with Gasteiger partial charge in [0.2, 0.25) is 0 Å². The molecule has 2 heterocycles. The molecule has 1 N–H and O–H groups in total. The van der Waals surface area contributed by atoms with E-state index in [4.69, 9.17) is 4.74 Å². The Morgan fingerprint density at radius 1 is 1.28 bits per heavy atom. The molecule has 0 saturated carbocycles. The number of methoxy groups -OCH3 is 1. The highest BCUT2D eigenvalue weighted by atomic mass is 16.5. The number of amides is 1. The minimum Gasteiger partial charge on any atom is -0.497 e. The molecule has 7 heteroatoms. The minimum atomic E-state index is -0.147. The van der Waals surface area contributed by atoms with Gasteiger partial charge in [-0.1, -0.05) is 43.3 Å². The largest absolute Gasteiger partial charge is 0.497 e. The average Bonchev–Trinajstić information content (AvgIpc) is 3.23. The number of hydrogen-bond acceptors (Lipinski definition) is 5. The molecule has 1 aromatic carbocycles. The fraction of sp³-hybridized carbons (Fsp3) is 0.500. The van der Waals surface area contributed by atoms with E-state index in [0.29, 0.717) is 24.2 Å². The summed E-state index contributed by atoms with van der Waals surface area (Å²) in [6.45, 7) is 7.72. The fourth-order valence-corrected chi connectivity index (χ4v) is 3.37. The van der Waals surface area contributed by atoms with Crippen LogP contribution < -0.4 is 10.1 Å². The summed E-state index contributed by atoms with van der Waals surface area (Å²) in [5.74, 6) is 1.14. The van der Waals surface area contributed by atoms with Gasteiger partial charge in [-0.3, -0.25) is 9.69 Å². The van der Waals surface area contributed by atoms with Crippen molar-refractivity contribution in [2.24, 2.45) is 5.92 Å². The third-order valence-electron chi connectivity index (χ3n) is 5.13. The van der Waals surface area contributed by atoms with Crippen molar-refractivity contribution in [1.29, 1.82) is 0 Å². The summed E-state index contributed by atoms with van der Waals surface area (Å²) in [5, 5.41) is 11.1. The topological polar surface area (TPSA) is 72.3 Å². The Kier molecular flexibility index (Phi) is 7.41. The summed E-state index contributed by atoms with van der Waals surface area (Å²) >= 11 is 0. The molecular formula is C22H31N5O2. The predicted molar refractivity (Wildman–Crippen MR) is 114 cm³/mol. The smallest absolute Gasteiger partial charge is 0.273 e. The summed E-state index contributed by atoms with van der Waals surface area (Å²) in [5.41, 5.74) is 1.57. The molecule has 1 amide bonds. The normalized spacial score (nSPS) is 15.9. The molecule has 1 aliphatic heterocycles. The second-order valence-corrected chi connectivity index (χ2v) is 7.89. The van der Waals surface area contributed by atoms with Gasteiger partial charge < -0.3 is 10.1 Å². The lowest BCUT2D eigenvalue weighted by atomic mass is 10.1. The zero-order valence-corrected chi connectivity index (χ0v) is 17.5. The Bertz CT molecular complexity index is 805. The second kappa shape index (κ2) is 10.2. The van der Waals surface area contributed by atoms with Gasteiger partial charge in [-0.05, 0) is 36.5 Å². The standard InChI is InChI=1S/C22H31N5O2/c1-17(2)15-23-22(28)21-16-27(25-24-21)19-10-13-26(14-11-19)12-4-5-18-6-8-20(29-3)9-7-18/h4-9,16-17,19H,10-15H2,1-3H3,(H,23,28). The van der Waals surface area contributed by atoms with Crippen LogP contribution >= 0.6 is 0 Å². The summed E-state index contributed by atoms with van der Waals surface area (Å²) in [4.78, 5) is 14.6. The maximum absolute atomic E-state index is 12.1. The number of piperidine rings is 1. The number of benzene rings is 1. The predicted octanol–water partition coefficient (Wildman–Crippen LogP) is 3.02. The van der Waals surface area contributed by atoms with E-state index in [-0.39, 0.29) is 5.91 Å². The van der Waals surface area contributed by atoms with E-state index in [0.717, 1.165) is 38.2 Å². The lowest BCUT2D eigenvalue weighted by molar-refractivity contribution is 0.0944. The minimum absolute atomic E-state index is 0.147. The van der Waals surface area contributed by atoms with E-state index in [1.54, 1.807) is 13.3 Å². The van der Waals surface area contributed by atoms with Crippen molar-refractivity contribution in [1.82, 2.24) is 25.2 Å². The first-order chi connectivity index (χ1) is 14.0. The van der Waals surface area contributed by atoms with Gasteiger partial charge in [0, 0.05) is 26.2 Å². The molecule has 7 nitrogen and oxygen atoms in total. The van der Waals surface area contributed by atoms with Crippen LogP contribution in [0.4, 0.5) is 0 Å². The number of carbonyl (C=O) groups excluding carboxylic acids is 1. The Hall–Kier alpha value is -2.67. The van der Waals surface area contributed by atoms with Gasteiger partial charge in [-0.25, -0.2) is 4.68 Å². The number of hydrogen-bond donors (Lipinski definition) is 1. The molecule has 3 rings (SSSR count). The van der Waals surface area contributed by atoms with E-state index < -0.39 is 0 Å². The monoisotopic (exact) mass is 397 g/mol. The number of likely N-dealkylation sites (tertiary alicyclic amines) is 1. The summed E-state index contributed by atoms with van der Waals surface area (Å²) in [7, 11) is 1.68. The molecule has 1 aromatic heterocycles. The quantitative estimate of drug-likeness (QED) is 0.741. The van der Waals surface area contributed by atoms with Crippen LogP contribution in [0.3, 0.4) is 0 Å². The zero-order valence-electron chi connectivity index (χ0n) is 17.5. The van der Waals surface area contributed by atoms with E-state index in [9.17, 15) is 4.79 Å². The van der Waals surface area contributed by atoms with Gasteiger partial charge >= 0.3 is 0 Å². The van der Waals surface area contributed by atoms with Crippen LogP contribution in [0, 0.1) is 5.92 Å². The van der Waals surface area contributed by atoms with Crippen LogP contribution in [0.15, 0.2) is 36.5 Å². The van der Waals surface area contributed by atoms with Gasteiger partial charge in [0.05, 0.1) is 19.3 Å². The van der Waals surface area contributed by atoms with Crippen molar-refractivity contribution in [3.05, 3.63) is 47.8 Å². The van der Waals surface area contributed by atoms with Crippen molar-refractivity contribution in [2.45, 2.75) is 32.7 Å². The van der Waals surface area contributed by atoms with E-state index >= 15 is 0 Å². The molecule has 2 aromatic rings. The van der Waals surface area contributed by atoms with Crippen molar-refractivity contribution in [3.8, 4) is 5.75 Å². The Balaban J connectivity index is 1.44. The third kappa shape index (κ3) is 6.15. The van der Waals surface area contributed by atoms with Crippen LogP contribution in [0.5, 0.6) is 5.75 Å². The van der Waals surface area contributed by atoms with Gasteiger partial charge in [-0.15, -0.1) is 5.10 Å². The Labute approximate surface area is 172 Å². The molecule has 156 valence electrons. The number of rotatable bonds is 8. The molecule has 1 fully saturated rings. The molecule has 1 aliphatic rings. The van der Waals surface area contributed by atoms with Crippen molar-refractivity contribution < 1.29 is 9.53 Å². The molecule has 0 bridgehead atoms. The average molecular weight is 398 g/mol. The number of aromatic nitrogens is 3. The van der Waals surface area contributed by atoms with E-state index in [1.807, 2.05) is 16.8 Å².